The largest absolute Gasteiger partial charge is 0.480 e. The lowest BCUT2D eigenvalue weighted by atomic mass is 10.0. The average molecular weight is 317 g/mol. The summed E-state index contributed by atoms with van der Waals surface area (Å²) in [5.74, 6) is -1.74. The van der Waals surface area contributed by atoms with E-state index in [0.717, 1.165) is 0 Å². The first kappa shape index (κ1) is 15.9. The molecule has 0 radical (unpaired) electrons. The zero-order valence-corrected chi connectivity index (χ0v) is 12.3. The number of carboxylic acids is 1. The number of aliphatic carboxylic acids is 1. The van der Waals surface area contributed by atoms with Crippen LogP contribution in [-0.4, -0.2) is 49.1 Å². The van der Waals surface area contributed by atoms with Gasteiger partial charge in [-0.1, -0.05) is 12.1 Å². The molecule has 2 rings (SSSR count). The van der Waals surface area contributed by atoms with E-state index in [1.165, 1.54) is 28.6 Å². The summed E-state index contributed by atoms with van der Waals surface area (Å²) in [5.41, 5.74) is -0.273. The van der Waals surface area contributed by atoms with Gasteiger partial charge in [-0.05, 0) is 24.6 Å². The van der Waals surface area contributed by atoms with E-state index >= 15 is 0 Å². The maximum atomic E-state index is 12.8. The second-order valence-electron chi connectivity index (χ2n) is 5.28. The summed E-state index contributed by atoms with van der Waals surface area (Å²) in [6, 6.07) is 5.27. The third-order valence-electron chi connectivity index (χ3n) is 3.22. The van der Waals surface area contributed by atoms with Crippen LogP contribution in [0.2, 0.25) is 0 Å². The van der Waals surface area contributed by atoms with E-state index in [1.54, 1.807) is 6.92 Å². The van der Waals surface area contributed by atoms with Gasteiger partial charge < -0.3 is 9.84 Å². The van der Waals surface area contributed by atoms with Gasteiger partial charge in [0.15, 0.2) is 0 Å². The molecule has 21 heavy (non-hydrogen) atoms. The third kappa shape index (κ3) is 3.99. The Labute approximate surface area is 122 Å². The number of sulfonamides is 1. The first-order valence-corrected chi connectivity index (χ1v) is 7.89. The second-order valence-corrected chi connectivity index (χ2v) is 7.25. The van der Waals surface area contributed by atoms with Crippen molar-refractivity contribution in [2.24, 2.45) is 0 Å². The Balaban J connectivity index is 1.93. The number of rotatable bonds is 6. The fourth-order valence-corrected chi connectivity index (χ4v) is 3.84. The Morgan fingerprint density at radius 2 is 1.95 bits per heavy atom. The summed E-state index contributed by atoms with van der Waals surface area (Å²) >= 11 is 0. The van der Waals surface area contributed by atoms with Crippen molar-refractivity contribution < 1.29 is 27.4 Å². The molecule has 0 aliphatic carbocycles. The predicted molar refractivity (Wildman–Crippen MR) is 72.6 cm³/mol. The molecule has 1 N–H and O–H groups in total. The number of hydrogen-bond acceptors (Lipinski definition) is 4. The van der Waals surface area contributed by atoms with Crippen molar-refractivity contribution in [3.8, 4) is 0 Å². The predicted octanol–water partition coefficient (Wildman–Crippen LogP) is 0.831. The highest BCUT2D eigenvalue weighted by atomic mass is 32.2. The van der Waals surface area contributed by atoms with E-state index in [2.05, 4.69) is 0 Å². The van der Waals surface area contributed by atoms with Crippen molar-refractivity contribution in [1.29, 1.82) is 0 Å². The third-order valence-corrected chi connectivity index (χ3v) is 4.96. The van der Waals surface area contributed by atoms with Crippen molar-refractivity contribution in [3.05, 3.63) is 35.6 Å². The van der Waals surface area contributed by atoms with Gasteiger partial charge in [0.2, 0.25) is 10.0 Å². The van der Waals surface area contributed by atoms with Crippen LogP contribution in [0.25, 0.3) is 0 Å². The van der Waals surface area contributed by atoms with Crippen molar-refractivity contribution >= 4 is 16.0 Å². The Hall–Kier alpha value is -1.51. The molecule has 0 unspecified atom stereocenters. The standard InChI is InChI=1S/C13H16FNO5S/c1-13(20-6-12(16)17)8-15(9-13)21(18,19)7-10-2-4-11(14)5-3-10/h2-5H,6-9H2,1H3,(H,16,17). The van der Waals surface area contributed by atoms with E-state index < -0.39 is 34.0 Å². The van der Waals surface area contributed by atoms with E-state index in [9.17, 15) is 17.6 Å². The van der Waals surface area contributed by atoms with Gasteiger partial charge in [-0.25, -0.2) is 17.6 Å². The molecule has 1 aliphatic rings. The molecule has 1 saturated heterocycles. The van der Waals surface area contributed by atoms with E-state index in [4.69, 9.17) is 9.84 Å². The molecule has 0 aromatic heterocycles. The number of benzene rings is 1. The Morgan fingerprint density at radius 3 is 2.48 bits per heavy atom. The topological polar surface area (TPSA) is 83.9 Å². The summed E-state index contributed by atoms with van der Waals surface area (Å²) in [6.07, 6.45) is 0. The monoisotopic (exact) mass is 317 g/mol. The first-order chi connectivity index (χ1) is 9.70. The van der Waals surface area contributed by atoms with E-state index in [-0.39, 0.29) is 18.8 Å². The SMILES string of the molecule is CC1(OCC(=O)O)CN(S(=O)(=O)Cc2ccc(F)cc2)C1. The molecule has 8 heteroatoms. The fraction of sp³-hybridized carbons (Fsp3) is 0.462. The minimum absolute atomic E-state index is 0.115. The van der Waals surface area contributed by atoms with Gasteiger partial charge in [0.05, 0.1) is 11.4 Å². The molecular weight excluding hydrogens is 301 g/mol. The number of ether oxygens (including phenoxy) is 1. The van der Waals surface area contributed by atoms with Gasteiger partial charge in [0, 0.05) is 13.1 Å². The van der Waals surface area contributed by atoms with Crippen molar-refractivity contribution in [3.63, 3.8) is 0 Å². The summed E-state index contributed by atoms with van der Waals surface area (Å²) < 4.78 is 43.5. The summed E-state index contributed by atoms with van der Waals surface area (Å²) in [6.45, 7) is 1.44. The fourth-order valence-electron chi connectivity index (χ4n) is 2.11. The minimum Gasteiger partial charge on any atom is -0.480 e. The number of carboxylic acid groups (broad SMARTS) is 1. The van der Waals surface area contributed by atoms with Gasteiger partial charge in [0.1, 0.15) is 12.4 Å². The molecular formula is C13H16FNO5S. The second kappa shape index (κ2) is 5.70. The number of nitrogens with zero attached hydrogens (tertiary/aromatic N) is 1. The van der Waals surface area contributed by atoms with Crippen molar-refractivity contribution in [2.45, 2.75) is 18.3 Å². The van der Waals surface area contributed by atoms with E-state index in [0.29, 0.717) is 5.56 Å². The maximum Gasteiger partial charge on any atom is 0.329 e. The lowest BCUT2D eigenvalue weighted by molar-refractivity contribution is -0.157. The average Bonchev–Trinajstić information content (AvgIpc) is 2.35. The van der Waals surface area contributed by atoms with Crippen LogP contribution < -0.4 is 0 Å². The normalized spacial score (nSPS) is 18.2. The van der Waals surface area contributed by atoms with E-state index in [1.807, 2.05) is 0 Å². The van der Waals surface area contributed by atoms with Crippen molar-refractivity contribution in [2.75, 3.05) is 19.7 Å². The molecule has 1 aliphatic heterocycles. The number of carbonyl (C=O) groups is 1. The van der Waals surface area contributed by atoms with Gasteiger partial charge >= 0.3 is 5.97 Å². The van der Waals surface area contributed by atoms with Gasteiger partial charge in [0.25, 0.3) is 0 Å². The minimum atomic E-state index is -3.52. The summed E-state index contributed by atoms with van der Waals surface area (Å²) in [5, 5.41) is 8.55. The molecule has 6 nitrogen and oxygen atoms in total. The van der Waals surface area contributed by atoms with Gasteiger partial charge in [-0.3, -0.25) is 0 Å². The molecule has 0 bridgehead atoms. The number of hydrogen-bond donors (Lipinski definition) is 1. The first-order valence-electron chi connectivity index (χ1n) is 6.28. The van der Waals surface area contributed by atoms with Gasteiger partial charge in [-0.2, -0.15) is 4.31 Å². The zero-order chi connectivity index (χ0) is 15.7. The molecule has 0 saturated carbocycles. The molecule has 1 heterocycles. The summed E-state index contributed by atoms with van der Waals surface area (Å²) in [7, 11) is -3.52. The maximum absolute atomic E-state index is 12.8. The smallest absolute Gasteiger partial charge is 0.329 e. The molecule has 1 aromatic rings. The molecule has 0 atom stereocenters. The summed E-state index contributed by atoms with van der Waals surface area (Å²) in [4.78, 5) is 10.4. The van der Waals surface area contributed by atoms with Crippen molar-refractivity contribution in [1.82, 2.24) is 4.31 Å². The van der Waals surface area contributed by atoms with Crippen LogP contribution in [0.5, 0.6) is 0 Å². The van der Waals surface area contributed by atoms with Gasteiger partial charge in [-0.15, -0.1) is 0 Å². The lowest BCUT2D eigenvalue weighted by Gasteiger charge is -2.46. The Morgan fingerprint density at radius 1 is 1.38 bits per heavy atom. The highest BCUT2D eigenvalue weighted by Gasteiger charge is 2.45. The molecule has 1 aromatic carbocycles. The van der Waals surface area contributed by atoms with Crippen LogP contribution in [0.3, 0.4) is 0 Å². The quantitative estimate of drug-likeness (QED) is 0.840. The highest BCUT2D eigenvalue weighted by Crippen LogP contribution is 2.28. The molecule has 0 amide bonds. The van der Waals surface area contributed by atoms with Crippen LogP contribution in [-0.2, 0) is 25.3 Å². The van der Waals surface area contributed by atoms with Crippen LogP contribution in [0.4, 0.5) is 4.39 Å². The Bertz CT molecular complexity index is 622. The van der Waals surface area contributed by atoms with Crippen LogP contribution in [0.1, 0.15) is 12.5 Å². The highest BCUT2D eigenvalue weighted by molar-refractivity contribution is 7.88. The van der Waals surface area contributed by atoms with Crippen LogP contribution >= 0.6 is 0 Å². The van der Waals surface area contributed by atoms with Crippen LogP contribution in [0, 0.1) is 5.82 Å². The molecule has 116 valence electrons. The molecule has 0 spiro atoms. The zero-order valence-electron chi connectivity index (χ0n) is 11.5. The Kier molecular flexibility index (Phi) is 4.31. The molecule has 1 fully saturated rings. The number of halogens is 1. The lowest BCUT2D eigenvalue weighted by Crippen LogP contribution is -2.63. The van der Waals surface area contributed by atoms with Crippen LogP contribution in [0.15, 0.2) is 24.3 Å².